The molecule has 29 heavy (non-hydrogen) atoms. The van der Waals surface area contributed by atoms with Crippen molar-refractivity contribution in [1.82, 2.24) is 0 Å². The smallest absolute Gasteiger partial charge is 0.187 e. The first-order chi connectivity index (χ1) is 13.2. The summed E-state index contributed by atoms with van der Waals surface area (Å²) < 4.78 is 11.5. The molecule has 0 spiro atoms. The first-order valence-electron chi connectivity index (χ1n) is 11.1. The molecule has 0 heterocycles. The predicted molar refractivity (Wildman–Crippen MR) is 117 cm³/mol. The molecule has 0 aromatic carbocycles. The third-order valence-electron chi connectivity index (χ3n) is 4.74. The van der Waals surface area contributed by atoms with Crippen LogP contribution >= 0.6 is 0 Å². The van der Waals surface area contributed by atoms with Crippen LogP contribution in [0.2, 0.25) is 0 Å². The van der Waals surface area contributed by atoms with Crippen molar-refractivity contribution >= 4 is 17.3 Å². The lowest BCUT2D eigenvalue weighted by Gasteiger charge is -2.23. The number of rotatable bonds is 15. The van der Waals surface area contributed by atoms with Crippen LogP contribution in [0.1, 0.15) is 88.0 Å². The van der Waals surface area contributed by atoms with E-state index in [0.717, 1.165) is 6.42 Å². The first-order valence-corrected chi connectivity index (χ1v) is 11.1. The molecule has 0 aliphatic heterocycles. The maximum atomic E-state index is 12.7. The molecule has 0 saturated heterocycles. The summed E-state index contributed by atoms with van der Waals surface area (Å²) in [7, 11) is 0. The lowest BCUT2D eigenvalue weighted by Crippen LogP contribution is -2.36. The van der Waals surface area contributed by atoms with E-state index in [1.807, 2.05) is 48.5 Å². The molecule has 0 unspecified atom stereocenters. The minimum atomic E-state index is -0.688. The van der Waals surface area contributed by atoms with Crippen LogP contribution in [0.5, 0.6) is 0 Å². The molecule has 0 aliphatic carbocycles. The Labute approximate surface area is 178 Å². The van der Waals surface area contributed by atoms with Crippen molar-refractivity contribution in [2.45, 2.75) is 100 Å². The van der Waals surface area contributed by atoms with Gasteiger partial charge in [-0.25, -0.2) is 0 Å². The Morgan fingerprint density at radius 2 is 1.14 bits per heavy atom. The fraction of sp³-hybridized carbons (Fsp3) is 0.875. The fourth-order valence-electron chi connectivity index (χ4n) is 2.70. The van der Waals surface area contributed by atoms with Crippen LogP contribution in [0.3, 0.4) is 0 Å². The summed E-state index contributed by atoms with van der Waals surface area (Å²) in [6, 6.07) is 0. The Morgan fingerprint density at radius 1 is 0.690 bits per heavy atom. The quantitative estimate of drug-likeness (QED) is 0.377. The largest absolute Gasteiger partial charge is 0.363 e. The summed E-state index contributed by atoms with van der Waals surface area (Å²) in [5.41, 5.74) is -0.507. The highest BCUT2D eigenvalue weighted by atomic mass is 16.5. The average Bonchev–Trinajstić information content (AvgIpc) is 2.57. The molecule has 0 aromatic rings. The van der Waals surface area contributed by atoms with Crippen LogP contribution in [0.25, 0.3) is 0 Å². The van der Waals surface area contributed by atoms with Gasteiger partial charge < -0.3 is 9.47 Å². The van der Waals surface area contributed by atoms with Gasteiger partial charge in [0, 0.05) is 11.8 Å². The second-order valence-corrected chi connectivity index (χ2v) is 10.4. The molecule has 0 saturated carbocycles. The highest BCUT2D eigenvalue weighted by molar-refractivity contribution is 5.87. The summed E-state index contributed by atoms with van der Waals surface area (Å²) >= 11 is 0. The van der Waals surface area contributed by atoms with Gasteiger partial charge in [-0.2, -0.15) is 0 Å². The molecule has 5 nitrogen and oxygen atoms in total. The molecule has 0 amide bonds. The minimum Gasteiger partial charge on any atom is -0.363 e. The lowest BCUT2D eigenvalue weighted by atomic mass is 9.91. The number of hydrogen-bond acceptors (Lipinski definition) is 5. The predicted octanol–water partition coefficient (Wildman–Crippen LogP) is 5.04. The molecule has 2 atom stereocenters. The van der Waals surface area contributed by atoms with Crippen LogP contribution in [0.15, 0.2) is 0 Å². The third kappa shape index (κ3) is 13.0. The van der Waals surface area contributed by atoms with E-state index in [1.165, 1.54) is 0 Å². The number of carbonyl (C=O) groups is 3. The molecule has 170 valence electrons. The summed E-state index contributed by atoms with van der Waals surface area (Å²) in [6.45, 7) is 17.5. The molecule has 5 heteroatoms. The monoisotopic (exact) mass is 412 g/mol. The molecule has 0 bridgehead atoms. The third-order valence-corrected chi connectivity index (χ3v) is 4.74. The zero-order valence-corrected chi connectivity index (χ0v) is 20.2. The SMILES string of the molecule is CC(C)CCC(=O)[C@@H](CC(C)C)OCC(=O)[C@@H](CC(C)C)OCC(=O)C(C)(C)C. The lowest BCUT2D eigenvalue weighted by molar-refractivity contribution is -0.146. The molecule has 0 rings (SSSR count). The van der Waals surface area contributed by atoms with Gasteiger partial charge in [-0.05, 0) is 37.0 Å². The van der Waals surface area contributed by atoms with E-state index in [4.69, 9.17) is 9.47 Å². The van der Waals surface area contributed by atoms with Gasteiger partial charge in [0.2, 0.25) is 0 Å². The Hall–Kier alpha value is -1.07. The van der Waals surface area contributed by atoms with Crippen molar-refractivity contribution in [2.24, 2.45) is 23.2 Å². The maximum Gasteiger partial charge on any atom is 0.187 e. The zero-order chi connectivity index (χ0) is 22.8. The van der Waals surface area contributed by atoms with E-state index in [1.54, 1.807) is 0 Å². The number of ether oxygens (including phenoxy) is 2. The second kappa shape index (κ2) is 13.3. The van der Waals surface area contributed by atoms with Crippen molar-refractivity contribution in [2.75, 3.05) is 13.2 Å². The van der Waals surface area contributed by atoms with Gasteiger partial charge in [-0.15, -0.1) is 0 Å². The van der Waals surface area contributed by atoms with E-state index in [2.05, 4.69) is 13.8 Å². The highest BCUT2D eigenvalue weighted by Crippen LogP contribution is 2.18. The summed E-state index contributed by atoms with van der Waals surface area (Å²) in [5.74, 6) is 0.805. The summed E-state index contributed by atoms with van der Waals surface area (Å²) in [6.07, 6.45) is 1.16. The van der Waals surface area contributed by atoms with Crippen LogP contribution < -0.4 is 0 Å². The molecule has 0 aromatic heterocycles. The maximum absolute atomic E-state index is 12.7. The minimum absolute atomic E-state index is 0.0403. The van der Waals surface area contributed by atoms with Gasteiger partial charge in [-0.1, -0.05) is 62.3 Å². The van der Waals surface area contributed by atoms with Crippen molar-refractivity contribution in [3.63, 3.8) is 0 Å². The number of Topliss-reactive ketones (excluding diaryl/α,β-unsaturated/α-hetero) is 3. The molecular formula is C24H44O5. The van der Waals surface area contributed by atoms with E-state index in [0.29, 0.717) is 31.1 Å². The van der Waals surface area contributed by atoms with Gasteiger partial charge in [0.15, 0.2) is 17.3 Å². The van der Waals surface area contributed by atoms with Gasteiger partial charge in [0.25, 0.3) is 0 Å². The molecule has 0 aliphatic rings. The van der Waals surface area contributed by atoms with Crippen molar-refractivity contribution in [3.05, 3.63) is 0 Å². The van der Waals surface area contributed by atoms with Crippen molar-refractivity contribution in [1.29, 1.82) is 0 Å². The Bertz CT molecular complexity index is 514. The zero-order valence-electron chi connectivity index (χ0n) is 20.2. The second-order valence-electron chi connectivity index (χ2n) is 10.4. The molecule has 0 N–H and O–H groups in total. The van der Waals surface area contributed by atoms with E-state index >= 15 is 0 Å². The normalized spacial score (nSPS) is 14.5. The van der Waals surface area contributed by atoms with E-state index < -0.39 is 17.6 Å². The molecule has 0 fully saturated rings. The van der Waals surface area contributed by atoms with Gasteiger partial charge in [0.1, 0.15) is 25.4 Å². The standard InChI is InChI=1S/C24H44O5/c1-16(2)10-11-19(25)21(12-17(3)4)28-14-20(26)22(13-18(5)6)29-15-23(27)24(7,8)9/h16-18,21-22H,10-15H2,1-9H3/t21-,22-/m1/s1. The van der Waals surface area contributed by atoms with E-state index in [9.17, 15) is 14.4 Å². The number of hydrogen-bond donors (Lipinski definition) is 0. The number of ketones is 3. The topological polar surface area (TPSA) is 69.7 Å². The summed E-state index contributed by atoms with van der Waals surface area (Å²) in [4.78, 5) is 37.5. The molecular weight excluding hydrogens is 368 g/mol. The van der Waals surface area contributed by atoms with E-state index in [-0.39, 0.29) is 36.5 Å². The molecule has 0 radical (unpaired) electrons. The van der Waals surface area contributed by atoms with Crippen LogP contribution in [-0.2, 0) is 23.9 Å². The van der Waals surface area contributed by atoms with Crippen molar-refractivity contribution < 1.29 is 23.9 Å². The van der Waals surface area contributed by atoms with Gasteiger partial charge in [0.05, 0.1) is 0 Å². The van der Waals surface area contributed by atoms with Gasteiger partial charge in [-0.3, -0.25) is 14.4 Å². The van der Waals surface area contributed by atoms with Gasteiger partial charge >= 0.3 is 0 Å². The average molecular weight is 413 g/mol. The van der Waals surface area contributed by atoms with Crippen LogP contribution in [-0.4, -0.2) is 42.8 Å². The van der Waals surface area contributed by atoms with Crippen LogP contribution in [0.4, 0.5) is 0 Å². The van der Waals surface area contributed by atoms with Crippen molar-refractivity contribution in [3.8, 4) is 0 Å². The highest BCUT2D eigenvalue weighted by Gasteiger charge is 2.28. The number of carbonyl (C=O) groups excluding carboxylic acids is 3. The fourth-order valence-corrected chi connectivity index (χ4v) is 2.70. The Balaban J connectivity index is 4.95. The Morgan fingerprint density at radius 3 is 1.55 bits per heavy atom. The summed E-state index contributed by atoms with van der Waals surface area (Å²) in [5, 5.41) is 0. The van der Waals surface area contributed by atoms with Crippen LogP contribution in [0, 0.1) is 23.2 Å². The first kappa shape index (κ1) is 27.9. The Kier molecular flexibility index (Phi) is 12.8.